The molecule has 0 saturated carbocycles. The predicted molar refractivity (Wildman–Crippen MR) is 116 cm³/mol. The number of nitrogens with one attached hydrogen (secondary N) is 1. The minimum Gasteiger partial charge on any atom is -0.497 e. The number of nitrogens with zero attached hydrogens (tertiary/aromatic N) is 1. The van der Waals surface area contributed by atoms with E-state index in [1.807, 2.05) is 61.5 Å². The molecule has 5 heteroatoms. The first-order chi connectivity index (χ1) is 14.1. The third-order valence-electron chi connectivity index (χ3n) is 4.93. The summed E-state index contributed by atoms with van der Waals surface area (Å²) < 4.78 is 5.19. The van der Waals surface area contributed by atoms with Crippen molar-refractivity contribution in [3.63, 3.8) is 0 Å². The molecule has 29 heavy (non-hydrogen) atoms. The first-order valence-corrected chi connectivity index (χ1v) is 10.3. The first-order valence-electron chi connectivity index (χ1n) is 10.3. The van der Waals surface area contributed by atoms with Crippen LogP contribution in [-0.4, -0.2) is 36.4 Å². The van der Waals surface area contributed by atoms with Gasteiger partial charge < -0.3 is 15.0 Å². The second-order valence-electron chi connectivity index (χ2n) is 7.10. The highest BCUT2D eigenvalue weighted by Crippen LogP contribution is 2.16. The van der Waals surface area contributed by atoms with Crippen molar-refractivity contribution in [3.8, 4) is 5.75 Å². The van der Waals surface area contributed by atoms with Crippen LogP contribution < -0.4 is 10.1 Å². The van der Waals surface area contributed by atoms with Gasteiger partial charge in [0.15, 0.2) is 0 Å². The normalized spacial score (nSPS) is 11.6. The van der Waals surface area contributed by atoms with Gasteiger partial charge >= 0.3 is 0 Å². The molecule has 0 spiro atoms. The smallest absolute Gasteiger partial charge is 0.242 e. The van der Waals surface area contributed by atoms with E-state index < -0.39 is 6.04 Å². The molecule has 2 aromatic carbocycles. The van der Waals surface area contributed by atoms with Crippen LogP contribution in [0.2, 0.25) is 0 Å². The van der Waals surface area contributed by atoms with Gasteiger partial charge in [-0.1, -0.05) is 62.7 Å². The third-order valence-corrected chi connectivity index (χ3v) is 4.93. The van der Waals surface area contributed by atoms with Crippen molar-refractivity contribution >= 4 is 11.8 Å². The van der Waals surface area contributed by atoms with Gasteiger partial charge in [0.25, 0.3) is 0 Å². The van der Waals surface area contributed by atoms with Crippen molar-refractivity contribution in [1.82, 2.24) is 10.2 Å². The number of rotatable bonds is 11. The number of unbranched alkanes of at least 4 members (excludes halogenated alkanes) is 1. The Kier molecular flexibility index (Phi) is 9.22. The number of methoxy groups -OCH3 is 1. The molecule has 0 aromatic heterocycles. The van der Waals surface area contributed by atoms with E-state index in [9.17, 15) is 9.59 Å². The van der Waals surface area contributed by atoms with Gasteiger partial charge in [0, 0.05) is 13.1 Å². The summed E-state index contributed by atoms with van der Waals surface area (Å²) in [5.41, 5.74) is 1.91. The molecule has 0 aliphatic rings. The molecule has 156 valence electrons. The standard InChI is InChI=1S/C24H32N2O3/c1-4-6-16-25-24(28)22(5-2)26(18-20-10-8-7-9-11-20)23(27)17-19-12-14-21(29-3)15-13-19/h7-15,22H,4-6,16-18H2,1-3H3,(H,25,28). The molecule has 1 N–H and O–H groups in total. The Hall–Kier alpha value is -2.82. The molecule has 2 aromatic rings. The molecule has 0 aliphatic carbocycles. The lowest BCUT2D eigenvalue weighted by atomic mass is 10.1. The van der Waals surface area contributed by atoms with Crippen LogP contribution in [0.5, 0.6) is 5.75 Å². The highest BCUT2D eigenvalue weighted by Gasteiger charge is 2.28. The molecule has 0 fully saturated rings. The summed E-state index contributed by atoms with van der Waals surface area (Å²) in [4.78, 5) is 27.7. The summed E-state index contributed by atoms with van der Waals surface area (Å²) in [6.07, 6.45) is 2.76. The predicted octanol–water partition coefficient (Wildman–Crippen LogP) is 3.96. The number of carbonyl (C=O) groups excluding carboxylic acids is 2. The van der Waals surface area contributed by atoms with Crippen molar-refractivity contribution in [2.75, 3.05) is 13.7 Å². The number of hydrogen-bond donors (Lipinski definition) is 1. The van der Waals surface area contributed by atoms with E-state index in [0.29, 0.717) is 19.5 Å². The van der Waals surface area contributed by atoms with Gasteiger partial charge in [0.05, 0.1) is 13.5 Å². The van der Waals surface area contributed by atoms with Crippen LogP contribution in [0.15, 0.2) is 54.6 Å². The zero-order valence-corrected chi connectivity index (χ0v) is 17.7. The monoisotopic (exact) mass is 396 g/mol. The number of amides is 2. The minimum absolute atomic E-state index is 0.0588. The molecule has 0 aliphatic heterocycles. The number of benzene rings is 2. The van der Waals surface area contributed by atoms with Crippen LogP contribution in [0, 0.1) is 0 Å². The topological polar surface area (TPSA) is 58.6 Å². The maximum Gasteiger partial charge on any atom is 0.242 e. The van der Waals surface area contributed by atoms with E-state index in [-0.39, 0.29) is 18.2 Å². The number of hydrogen-bond acceptors (Lipinski definition) is 3. The largest absolute Gasteiger partial charge is 0.497 e. The highest BCUT2D eigenvalue weighted by molar-refractivity contribution is 5.88. The van der Waals surface area contributed by atoms with Gasteiger partial charge in [-0.05, 0) is 36.1 Å². The highest BCUT2D eigenvalue weighted by atomic mass is 16.5. The third kappa shape index (κ3) is 6.93. The molecular formula is C24H32N2O3. The van der Waals surface area contributed by atoms with Crippen molar-refractivity contribution < 1.29 is 14.3 Å². The van der Waals surface area contributed by atoms with E-state index in [4.69, 9.17) is 4.74 Å². The Labute approximate surface area is 174 Å². The lowest BCUT2D eigenvalue weighted by Gasteiger charge is -2.31. The molecule has 5 nitrogen and oxygen atoms in total. The Balaban J connectivity index is 2.19. The average molecular weight is 397 g/mol. The molecule has 0 bridgehead atoms. The van der Waals surface area contributed by atoms with Gasteiger partial charge in [-0.15, -0.1) is 0 Å². The van der Waals surface area contributed by atoms with E-state index in [2.05, 4.69) is 12.2 Å². The van der Waals surface area contributed by atoms with E-state index >= 15 is 0 Å². The Bertz CT molecular complexity index is 759. The summed E-state index contributed by atoms with van der Waals surface area (Å²) in [6.45, 7) is 5.08. The fraction of sp³-hybridized carbons (Fsp3) is 0.417. The van der Waals surface area contributed by atoms with Gasteiger partial charge in [-0.25, -0.2) is 0 Å². The lowest BCUT2D eigenvalue weighted by Crippen LogP contribution is -2.49. The fourth-order valence-corrected chi connectivity index (χ4v) is 3.23. The second-order valence-corrected chi connectivity index (χ2v) is 7.10. The maximum absolute atomic E-state index is 13.2. The van der Waals surface area contributed by atoms with Crippen molar-refractivity contribution in [2.45, 2.75) is 52.1 Å². The van der Waals surface area contributed by atoms with Gasteiger partial charge in [-0.3, -0.25) is 9.59 Å². The van der Waals surface area contributed by atoms with Crippen LogP contribution in [0.4, 0.5) is 0 Å². The lowest BCUT2D eigenvalue weighted by molar-refractivity contribution is -0.140. The van der Waals surface area contributed by atoms with Crippen molar-refractivity contribution in [3.05, 3.63) is 65.7 Å². The molecule has 0 heterocycles. The molecule has 2 amide bonds. The molecule has 0 radical (unpaired) electrons. The SMILES string of the molecule is CCCCNC(=O)C(CC)N(Cc1ccccc1)C(=O)Cc1ccc(OC)cc1. The summed E-state index contributed by atoms with van der Waals surface area (Å²) >= 11 is 0. The van der Waals surface area contributed by atoms with Gasteiger partial charge in [0.1, 0.15) is 11.8 Å². The molecule has 1 atom stereocenters. The van der Waals surface area contributed by atoms with Crippen molar-refractivity contribution in [1.29, 1.82) is 0 Å². The summed E-state index contributed by atoms with van der Waals surface area (Å²) in [5.74, 6) is 0.612. The summed E-state index contributed by atoms with van der Waals surface area (Å²) in [5, 5.41) is 2.99. The average Bonchev–Trinajstić information content (AvgIpc) is 2.75. The van der Waals surface area contributed by atoms with Crippen LogP contribution in [0.25, 0.3) is 0 Å². The Morgan fingerprint density at radius 1 is 1.00 bits per heavy atom. The van der Waals surface area contributed by atoms with E-state index in [0.717, 1.165) is 29.7 Å². The van der Waals surface area contributed by atoms with Crippen LogP contribution in [-0.2, 0) is 22.6 Å². The zero-order valence-electron chi connectivity index (χ0n) is 17.7. The zero-order chi connectivity index (χ0) is 21.1. The first kappa shape index (κ1) is 22.5. The molecule has 0 saturated heterocycles. The quantitative estimate of drug-likeness (QED) is 0.585. The second kappa shape index (κ2) is 11.9. The Morgan fingerprint density at radius 3 is 2.28 bits per heavy atom. The summed E-state index contributed by atoms with van der Waals surface area (Å²) in [7, 11) is 1.62. The molecule has 1 unspecified atom stereocenters. The fourth-order valence-electron chi connectivity index (χ4n) is 3.23. The molecule has 2 rings (SSSR count). The van der Waals surface area contributed by atoms with Crippen molar-refractivity contribution in [2.24, 2.45) is 0 Å². The van der Waals surface area contributed by atoms with Crippen LogP contribution in [0.3, 0.4) is 0 Å². The minimum atomic E-state index is -0.488. The Morgan fingerprint density at radius 2 is 1.69 bits per heavy atom. The van der Waals surface area contributed by atoms with Gasteiger partial charge in [-0.2, -0.15) is 0 Å². The summed E-state index contributed by atoms with van der Waals surface area (Å²) in [6, 6.07) is 16.8. The van der Waals surface area contributed by atoms with E-state index in [1.165, 1.54) is 0 Å². The molecular weight excluding hydrogens is 364 g/mol. The van der Waals surface area contributed by atoms with Gasteiger partial charge in [0.2, 0.25) is 11.8 Å². The number of ether oxygens (including phenoxy) is 1. The van der Waals surface area contributed by atoms with Crippen LogP contribution >= 0.6 is 0 Å². The maximum atomic E-state index is 13.2. The number of carbonyl (C=O) groups is 2. The van der Waals surface area contributed by atoms with E-state index in [1.54, 1.807) is 12.0 Å². The van der Waals surface area contributed by atoms with Crippen LogP contribution in [0.1, 0.15) is 44.2 Å².